The van der Waals surface area contributed by atoms with Crippen molar-refractivity contribution in [3.8, 4) is 0 Å². The van der Waals surface area contributed by atoms with Crippen molar-refractivity contribution in [3.05, 3.63) is 34.9 Å². The highest BCUT2D eigenvalue weighted by molar-refractivity contribution is 14.0. The number of guanidine groups is 1. The largest absolute Gasteiger partial charge is 0.356 e. The number of thioether (sulfide) groups is 1. The Labute approximate surface area is 153 Å². The van der Waals surface area contributed by atoms with Crippen molar-refractivity contribution < 1.29 is 0 Å². The second kappa shape index (κ2) is 10.6. The van der Waals surface area contributed by atoms with Gasteiger partial charge in [-0.2, -0.15) is 11.8 Å². The summed E-state index contributed by atoms with van der Waals surface area (Å²) < 4.78 is 0. The van der Waals surface area contributed by atoms with Crippen molar-refractivity contribution in [2.45, 2.75) is 24.5 Å². The van der Waals surface area contributed by atoms with E-state index in [9.17, 15) is 0 Å². The molecule has 3 nitrogen and oxygen atoms in total. The van der Waals surface area contributed by atoms with E-state index in [0.29, 0.717) is 0 Å². The zero-order valence-corrected chi connectivity index (χ0v) is 16.2. The lowest BCUT2D eigenvalue weighted by Gasteiger charge is -2.15. The van der Waals surface area contributed by atoms with Crippen molar-refractivity contribution in [1.29, 1.82) is 0 Å². The summed E-state index contributed by atoms with van der Waals surface area (Å²) in [6, 6.07) is 7.97. The van der Waals surface area contributed by atoms with Crippen molar-refractivity contribution in [3.63, 3.8) is 0 Å². The van der Waals surface area contributed by atoms with Gasteiger partial charge in [0.2, 0.25) is 0 Å². The third-order valence-electron chi connectivity index (χ3n) is 3.39. The zero-order valence-electron chi connectivity index (χ0n) is 12.3. The maximum atomic E-state index is 6.14. The third kappa shape index (κ3) is 6.65. The van der Waals surface area contributed by atoms with Crippen LogP contribution in [0.5, 0.6) is 0 Å². The number of nitrogens with zero attached hydrogens (tertiary/aromatic N) is 1. The van der Waals surface area contributed by atoms with Gasteiger partial charge in [-0.15, -0.1) is 24.0 Å². The van der Waals surface area contributed by atoms with Crippen LogP contribution in [0.15, 0.2) is 29.3 Å². The molecule has 0 amide bonds. The molecule has 6 heteroatoms. The lowest BCUT2D eigenvalue weighted by molar-refractivity contribution is 0.724. The molecule has 1 aliphatic heterocycles. The van der Waals surface area contributed by atoms with Gasteiger partial charge in [-0.1, -0.05) is 29.8 Å². The Morgan fingerprint density at radius 1 is 1.38 bits per heavy atom. The smallest absolute Gasteiger partial charge is 0.191 e. The SMILES string of the molecule is CN=C(NCCc1ccccc1Cl)NCC1CCCS1.I. The molecule has 118 valence electrons. The fraction of sp³-hybridized carbons (Fsp3) is 0.533. The molecule has 0 bridgehead atoms. The Morgan fingerprint density at radius 2 is 2.19 bits per heavy atom. The monoisotopic (exact) mass is 439 g/mol. The first kappa shape index (κ1) is 18.9. The molecule has 1 fully saturated rings. The molecule has 1 atom stereocenters. The van der Waals surface area contributed by atoms with Crippen molar-refractivity contribution in [2.75, 3.05) is 25.9 Å². The van der Waals surface area contributed by atoms with Crippen LogP contribution in [-0.4, -0.2) is 37.1 Å². The van der Waals surface area contributed by atoms with Gasteiger partial charge < -0.3 is 10.6 Å². The van der Waals surface area contributed by atoms with Gasteiger partial charge in [-0.05, 0) is 36.6 Å². The van der Waals surface area contributed by atoms with Crippen LogP contribution in [-0.2, 0) is 6.42 Å². The number of nitrogens with one attached hydrogen (secondary N) is 2. The summed E-state index contributed by atoms with van der Waals surface area (Å²) in [6.07, 6.45) is 3.56. The third-order valence-corrected chi connectivity index (χ3v) is 5.16. The summed E-state index contributed by atoms with van der Waals surface area (Å²) in [7, 11) is 1.81. The second-order valence-corrected chi connectivity index (χ2v) is 6.67. The van der Waals surface area contributed by atoms with Crippen LogP contribution in [0.3, 0.4) is 0 Å². The number of halogens is 2. The Kier molecular flexibility index (Phi) is 9.51. The van der Waals surface area contributed by atoms with Gasteiger partial charge in [0.1, 0.15) is 0 Å². The summed E-state index contributed by atoms with van der Waals surface area (Å²) in [5.74, 6) is 2.18. The van der Waals surface area contributed by atoms with Gasteiger partial charge in [0.05, 0.1) is 0 Å². The quantitative estimate of drug-likeness (QED) is 0.418. The average Bonchev–Trinajstić information content (AvgIpc) is 2.98. The van der Waals surface area contributed by atoms with Crippen molar-refractivity contribution in [2.24, 2.45) is 4.99 Å². The molecule has 0 saturated carbocycles. The summed E-state index contributed by atoms with van der Waals surface area (Å²) in [6.45, 7) is 1.83. The highest BCUT2D eigenvalue weighted by Crippen LogP contribution is 2.25. The van der Waals surface area contributed by atoms with Crippen molar-refractivity contribution >= 4 is 53.3 Å². The summed E-state index contributed by atoms with van der Waals surface area (Å²) >= 11 is 8.20. The minimum absolute atomic E-state index is 0. The van der Waals surface area contributed by atoms with E-state index >= 15 is 0 Å². The molecule has 1 aromatic carbocycles. The Bertz CT molecular complexity index is 450. The van der Waals surface area contributed by atoms with Gasteiger partial charge in [0.25, 0.3) is 0 Å². The predicted octanol–water partition coefficient (Wildman–Crippen LogP) is 3.56. The number of hydrogen-bond acceptors (Lipinski definition) is 2. The van der Waals surface area contributed by atoms with E-state index in [2.05, 4.69) is 33.5 Å². The fourth-order valence-corrected chi connectivity index (χ4v) is 3.68. The lowest BCUT2D eigenvalue weighted by Crippen LogP contribution is -2.40. The molecule has 2 N–H and O–H groups in total. The molecule has 0 spiro atoms. The highest BCUT2D eigenvalue weighted by Gasteiger charge is 2.15. The lowest BCUT2D eigenvalue weighted by atomic mass is 10.1. The Morgan fingerprint density at radius 3 is 2.86 bits per heavy atom. The van der Waals surface area contributed by atoms with E-state index in [1.807, 2.05) is 25.2 Å². The second-order valence-electron chi connectivity index (χ2n) is 4.86. The normalized spacial score (nSPS) is 18.2. The molecular formula is C15H23ClIN3S. The van der Waals surface area contributed by atoms with Gasteiger partial charge in [0.15, 0.2) is 5.96 Å². The van der Waals surface area contributed by atoms with Crippen LogP contribution in [0.4, 0.5) is 0 Å². The molecule has 0 aromatic heterocycles. The van der Waals surface area contributed by atoms with Gasteiger partial charge in [-0.25, -0.2) is 0 Å². The summed E-state index contributed by atoms with van der Waals surface area (Å²) in [4.78, 5) is 4.25. The molecule has 21 heavy (non-hydrogen) atoms. The van der Waals surface area contributed by atoms with Crippen LogP contribution in [0.1, 0.15) is 18.4 Å². The number of benzene rings is 1. The van der Waals surface area contributed by atoms with E-state index in [4.69, 9.17) is 11.6 Å². The number of hydrogen-bond donors (Lipinski definition) is 2. The van der Waals surface area contributed by atoms with E-state index in [1.54, 1.807) is 0 Å². The Balaban J connectivity index is 0.00000220. The fourth-order valence-electron chi connectivity index (χ4n) is 2.25. The molecular weight excluding hydrogens is 417 g/mol. The zero-order chi connectivity index (χ0) is 14.2. The first-order valence-electron chi connectivity index (χ1n) is 7.09. The van der Waals surface area contributed by atoms with Crippen molar-refractivity contribution in [1.82, 2.24) is 10.6 Å². The molecule has 1 heterocycles. The topological polar surface area (TPSA) is 36.4 Å². The van der Waals surface area contributed by atoms with Crippen LogP contribution in [0.25, 0.3) is 0 Å². The molecule has 0 aliphatic carbocycles. The van der Waals surface area contributed by atoms with Crippen LogP contribution in [0.2, 0.25) is 5.02 Å². The minimum atomic E-state index is 0. The Hall–Kier alpha value is -0.140. The van der Waals surface area contributed by atoms with E-state index in [-0.39, 0.29) is 24.0 Å². The standard InChI is InChI=1S/C15H22ClN3S.HI/c1-17-15(19-11-13-6-4-10-20-13)18-9-8-12-5-2-3-7-14(12)16;/h2-3,5,7,13H,4,6,8-11H2,1H3,(H2,17,18,19);1H. The van der Waals surface area contributed by atoms with Gasteiger partial charge >= 0.3 is 0 Å². The maximum Gasteiger partial charge on any atom is 0.191 e. The van der Waals surface area contributed by atoms with E-state index in [1.165, 1.54) is 24.2 Å². The molecule has 1 saturated heterocycles. The summed E-state index contributed by atoms with van der Waals surface area (Å²) in [5, 5.41) is 8.30. The van der Waals surface area contributed by atoms with Crippen LogP contribution < -0.4 is 10.6 Å². The molecule has 1 aromatic rings. The van der Waals surface area contributed by atoms with Gasteiger partial charge in [0, 0.05) is 30.4 Å². The minimum Gasteiger partial charge on any atom is -0.356 e. The first-order valence-corrected chi connectivity index (χ1v) is 8.52. The molecule has 1 aliphatic rings. The predicted molar refractivity (Wildman–Crippen MR) is 105 cm³/mol. The molecule has 2 rings (SSSR count). The average molecular weight is 440 g/mol. The van der Waals surface area contributed by atoms with Crippen LogP contribution >= 0.6 is 47.3 Å². The highest BCUT2D eigenvalue weighted by atomic mass is 127. The van der Waals surface area contributed by atoms with Crippen LogP contribution in [0, 0.1) is 0 Å². The summed E-state index contributed by atoms with van der Waals surface area (Å²) in [5.41, 5.74) is 1.17. The maximum absolute atomic E-state index is 6.14. The van der Waals surface area contributed by atoms with Gasteiger partial charge in [-0.3, -0.25) is 4.99 Å². The first-order chi connectivity index (χ1) is 9.79. The van der Waals surface area contributed by atoms with E-state index in [0.717, 1.165) is 35.7 Å². The molecule has 1 unspecified atom stereocenters. The molecule has 0 radical (unpaired) electrons. The van der Waals surface area contributed by atoms with E-state index < -0.39 is 0 Å². The number of rotatable bonds is 5. The number of aliphatic imine (C=N–C) groups is 1.